The van der Waals surface area contributed by atoms with Crippen molar-refractivity contribution in [2.45, 2.75) is 43.1 Å². The van der Waals surface area contributed by atoms with Crippen molar-refractivity contribution in [1.29, 1.82) is 0 Å². The van der Waals surface area contributed by atoms with E-state index in [9.17, 15) is 13.2 Å². The average molecular weight is 450 g/mol. The fourth-order valence-corrected chi connectivity index (χ4v) is 3.88. The molecule has 0 saturated heterocycles. The molecule has 0 radical (unpaired) electrons. The molecule has 30 heavy (non-hydrogen) atoms. The molecule has 0 N–H and O–H groups in total. The molecule has 0 atom stereocenters. The number of esters is 1. The second kappa shape index (κ2) is 10.5. The molecule has 8 heteroatoms. The minimum absolute atomic E-state index is 0.147. The smallest absolute Gasteiger partial charge is 0.334 e. The Morgan fingerprint density at radius 1 is 1.17 bits per heavy atom. The number of hydrogen-bond acceptors (Lipinski definition) is 7. The summed E-state index contributed by atoms with van der Waals surface area (Å²) in [6.07, 6.45) is 4.25. The molecule has 0 aliphatic rings. The predicted molar refractivity (Wildman–Crippen MR) is 122 cm³/mol. The lowest BCUT2D eigenvalue weighted by molar-refractivity contribution is -0.148. The van der Waals surface area contributed by atoms with Gasteiger partial charge < -0.3 is 14.4 Å². The number of rotatable bonds is 8. The summed E-state index contributed by atoms with van der Waals surface area (Å²) in [5.74, 6) is -0.189. The van der Waals surface area contributed by atoms with Crippen molar-refractivity contribution in [2.24, 2.45) is 0 Å². The van der Waals surface area contributed by atoms with E-state index in [0.717, 1.165) is 10.6 Å². The number of hydrogen-bond donors (Lipinski definition) is 1. The van der Waals surface area contributed by atoms with Crippen LogP contribution in [0.15, 0.2) is 64.6 Å². The zero-order valence-corrected chi connectivity index (χ0v) is 19.5. The first-order valence-electron chi connectivity index (χ1n) is 9.41. The molecule has 0 heterocycles. The van der Waals surface area contributed by atoms with Crippen LogP contribution in [-0.4, -0.2) is 32.8 Å². The molecule has 0 fully saturated rings. The van der Waals surface area contributed by atoms with E-state index in [1.54, 1.807) is 26.8 Å². The number of ether oxygens (including phenoxy) is 2. The van der Waals surface area contributed by atoms with Crippen LogP contribution in [0.5, 0.6) is 5.75 Å². The van der Waals surface area contributed by atoms with E-state index in [0.29, 0.717) is 18.0 Å². The Bertz CT molecular complexity index is 971. The van der Waals surface area contributed by atoms with Crippen LogP contribution in [-0.2, 0) is 20.2 Å². The third-order valence-corrected chi connectivity index (χ3v) is 5.45. The van der Waals surface area contributed by atoms with Gasteiger partial charge in [0.05, 0.1) is 27.8 Å². The van der Waals surface area contributed by atoms with Gasteiger partial charge in [0.2, 0.25) is 0 Å². The lowest BCUT2D eigenvalue weighted by Crippen LogP contribution is -2.22. The molecule has 0 unspecified atom stereocenters. The maximum atomic E-state index is 12.0. The van der Waals surface area contributed by atoms with Crippen molar-refractivity contribution in [3.63, 3.8) is 0 Å². The molecule has 0 aliphatic carbocycles. The van der Waals surface area contributed by atoms with Gasteiger partial charge in [0.25, 0.3) is 0 Å². The largest absolute Gasteiger partial charge is 0.464 e. The number of nitrogens with zero attached hydrogens (tertiary/aromatic N) is 1. The van der Waals surface area contributed by atoms with Crippen LogP contribution in [0.25, 0.3) is 0 Å². The standard InChI is InChI=1S/C22H27NO5S2/c1-6-23(16-10-8-7-9-11-16)17-14-19(29-5)18(15-20(17)30(25)26)27-13-12-21(24)28-22(2,3)4/h7-15,30H,6H2,1-5H3/b13-12+. The maximum Gasteiger partial charge on any atom is 0.334 e. The Morgan fingerprint density at radius 3 is 2.37 bits per heavy atom. The van der Waals surface area contributed by atoms with Crippen molar-refractivity contribution in [2.75, 3.05) is 17.7 Å². The molecule has 2 rings (SSSR count). The Kier molecular flexibility index (Phi) is 8.37. The number of benzene rings is 2. The summed E-state index contributed by atoms with van der Waals surface area (Å²) in [7, 11) is -2.87. The highest BCUT2D eigenvalue weighted by molar-refractivity contribution is 7.98. The molecule has 0 spiro atoms. The topological polar surface area (TPSA) is 72.9 Å². The van der Waals surface area contributed by atoms with Gasteiger partial charge in [-0.2, -0.15) is 0 Å². The fraction of sp³-hybridized carbons (Fsp3) is 0.318. The molecule has 0 bridgehead atoms. The van der Waals surface area contributed by atoms with Crippen molar-refractivity contribution < 1.29 is 22.7 Å². The highest BCUT2D eigenvalue weighted by Crippen LogP contribution is 2.38. The first-order valence-corrected chi connectivity index (χ1v) is 11.8. The van der Waals surface area contributed by atoms with Crippen molar-refractivity contribution in [3.8, 4) is 5.75 Å². The van der Waals surface area contributed by atoms with Crippen LogP contribution in [0, 0.1) is 0 Å². The quantitative estimate of drug-likeness (QED) is 0.205. The summed E-state index contributed by atoms with van der Waals surface area (Å²) >= 11 is 1.42. The third kappa shape index (κ3) is 6.53. The van der Waals surface area contributed by atoms with Gasteiger partial charge in [0.15, 0.2) is 10.7 Å². The number of para-hydroxylation sites is 1. The lowest BCUT2D eigenvalue weighted by atomic mass is 10.2. The first-order chi connectivity index (χ1) is 14.2. The van der Waals surface area contributed by atoms with Crippen molar-refractivity contribution in [1.82, 2.24) is 0 Å². The molecular weight excluding hydrogens is 422 g/mol. The Labute approximate surface area is 183 Å². The lowest BCUT2D eigenvalue weighted by Gasteiger charge is -2.25. The van der Waals surface area contributed by atoms with Gasteiger partial charge in [-0.3, -0.25) is 0 Å². The Balaban J connectivity index is 2.40. The van der Waals surface area contributed by atoms with E-state index in [4.69, 9.17) is 9.47 Å². The minimum Gasteiger partial charge on any atom is -0.464 e. The van der Waals surface area contributed by atoms with E-state index < -0.39 is 22.3 Å². The van der Waals surface area contributed by atoms with E-state index in [1.807, 2.05) is 48.4 Å². The highest BCUT2D eigenvalue weighted by atomic mass is 32.2. The van der Waals surface area contributed by atoms with E-state index in [-0.39, 0.29) is 4.90 Å². The zero-order chi connectivity index (χ0) is 22.3. The Hall–Kier alpha value is -2.45. The number of anilines is 2. The first kappa shape index (κ1) is 23.8. The number of thioether (sulfide) groups is 1. The van der Waals surface area contributed by atoms with E-state index >= 15 is 0 Å². The molecule has 0 saturated carbocycles. The second-order valence-corrected chi connectivity index (χ2v) is 9.13. The maximum absolute atomic E-state index is 12.0. The summed E-state index contributed by atoms with van der Waals surface area (Å²) in [5, 5.41) is 0. The van der Waals surface area contributed by atoms with E-state index in [2.05, 4.69) is 0 Å². The Morgan fingerprint density at radius 2 is 1.83 bits per heavy atom. The molecule has 0 amide bonds. The normalized spacial score (nSPS) is 11.7. The van der Waals surface area contributed by atoms with Gasteiger partial charge in [-0.15, -0.1) is 11.8 Å². The highest BCUT2D eigenvalue weighted by Gasteiger charge is 2.18. The number of carbonyl (C=O) groups is 1. The SMILES string of the molecule is CCN(c1ccccc1)c1cc(SC)c(O/C=C/C(=O)OC(C)(C)C)cc1[SH](=O)=O. The summed E-state index contributed by atoms with van der Waals surface area (Å²) < 4.78 is 34.8. The molecule has 162 valence electrons. The third-order valence-electron chi connectivity index (χ3n) is 3.94. The van der Waals surface area contributed by atoms with Crippen LogP contribution in [0.3, 0.4) is 0 Å². The summed E-state index contributed by atoms with van der Waals surface area (Å²) in [6.45, 7) is 7.86. The van der Waals surface area contributed by atoms with Crippen LogP contribution < -0.4 is 9.64 Å². The monoisotopic (exact) mass is 449 g/mol. The minimum atomic E-state index is -2.87. The molecule has 6 nitrogen and oxygen atoms in total. The molecular formula is C22H27NO5S2. The van der Waals surface area contributed by atoms with Gasteiger partial charge in [-0.05, 0) is 52.1 Å². The van der Waals surface area contributed by atoms with Crippen molar-refractivity contribution in [3.05, 3.63) is 54.8 Å². The van der Waals surface area contributed by atoms with Gasteiger partial charge in [-0.25, -0.2) is 13.2 Å². The second-order valence-electron chi connectivity index (χ2n) is 7.28. The van der Waals surface area contributed by atoms with Crippen LogP contribution in [0.1, 0.15) is 27.7 Å². The van der Waals surface area contributed by atoms with E-state index in [1.165, 1.54) is 30.2 Å². The summed E-state index contributed by atoms with van der Waals surface area (Å²) in [6, 6.07) is 12.9. The number of carbonyl (C=O) groups excluding carboxylic acids is 1. The van der Waals surface area contributed by atoms with Crippen LogP contribution >= 0.6 is 11.8 Å². The van der Waals surface area contributed by atoms with Gasteiger partial charge in [-0.1, -0.05) is 18.2 Å². The fourth-order valence-electron chi connectivity index (χ4n) is 2.75. The van der Waals surface area contributed by atoms with Gasteiger partial charge in [0.1, 0.15) is 11.4 Å². The van der Waals surface area contributed by atoms with Gasteiger partial charge >= 0.3 is 5.97 Å². The zero-order valence-electron chi connectivity index (χ0n) is 17.7. The summed E-state index contributed by atoms with van der Waals surface area (Å²) in [4.78, 5) is 14.6. The number of thiol groups is 1. The molecule has 0 aromatic heterocycles. The molecule has 0 aliphatic heterocycles. The molecule has 2 aromatic carbocycles. The van der Waals surface area contributed by atoms with Crippen LogP contribution in [0.2, 0.25) is 0 Å². The van der Waals surface area contributed by atoms with Gasteiger partial charge in [0, 0.05) is 18.3 Å². The van der Waals surface area contributed by atoms with Crippen LogP contribution in [0.4, 0.5) is 11.4 Å². The van der Waals surface area contributed by atoms with Crippen molar-refractivity contribution >= 4 is 39.8 Å². The average Bonchev–Trinajstić information content (AvgIpc) is 2.68. The summed E-state index contributed by atoms with van der Waals surface area (Å²) in [5.41, 5.74) is 0.860. The molecule has 2 aromatic rings. The predicted octanol–water partition coefficient (Wildman–Crippen LogP) is 4.77.